The summed E-state index contributed by atoms with van der Waals surface area (Å²) in [5.74, 6) is 0.377. The fourth-order valence-electron chi connectivity index (χ4n) is 5.19. The molecule has 2 N–H and O–H groups in total. The van der Waals surface area contributed by atoms with Gasteiger partial charge in [0.25, 0.3) is 0 Å². The van der Waals surface area contributed by atoms with Gasteiger partial charge in [0.05, 0.1) is 23.4 Å². The molecular formula is C26H21N5O2. The average Bonchev–Trinajstić information content (AvgIpc) is 3.32. The molecule has 0 spiro atoms. The number of hydrogen-bond acceptors (Lipinski definition) is 7. The maximum atomic E-state index is 10.3. The standard InChI is InChI=1S/C26H21N5O2/c27-11-20-19-8-9-31(12-17-4-2-1-3-5-17)13-21(19)24(26(14-28,15-29)25(20)30)18-6-7-22-23(10-18)33-16-32-22/h1-8,10,21,24H,9,12-13,16,30H2. The van der Waals surface area contributed by atoms with Gasteiger partial charge >= 0.3 is 0 Å². The number of benzene rings is 2. The third kappa shape index (κ3) is 3.21. The number of hydrogen-bond donors (Lipinski definition) is 1. The van der Waals surface area contributed by atoms with Crippen LogP contribution in [0.3, 0.4) is 0 Å². The van der Waals surface area contributed by atoms with E-state index >= 15 is 0 Å². The van der Waals surface area contributed by atoms with Crippen LogP contribution in [-0.4, -0.2) is 24.8 Å². The molecule has 33 heavy (non-hydrogen) atoms. The first-order valence-corrected chi connectivity index (χ1v) is 10.7. The van der Waals surface area contributed by atoms with Gasteiger partial charge < -0.3 is 15.2 Å². The van der Waals surface area contributed by atoms with Crippen LogP contribution in [-0.2, 0) is 6.54 Å². The summed E-state index contributed by atoms with van der Waals surface area (Å²) >= 11 is 0. The van der Waals surface area contributed by atoms with E-state index in [1.54, 1.807) is 6.07 Å². The molecule has 0 saturated heterocycles. The topological polar surface area (TPSA) is 119 Å². The Morgan fingerprint density at radius 1 is 1.03 bits per heavy atom. The van der Waals surface area contributed by atoms with E-state index in [1.807, 2.05) is 36.4 Å². The molecule has 0 aromatic heterocycles. The molecule has 7 nitrogen and oxygen atoms in total. The van der Waals surface area contributed by atoms with Crippen LogP contribution >= 0.6 is 0 Å². The van der Waals surface area contributed by atoms with Crippen molar-refractivity contribution < 1.29 is 9.47 Å². The molecule has 2 aromatic carbocycles. The zero-order valence-electron chi connectivity index (χ0n) is 17.9. The minimum absolute atomic E-state index is 0.0247. The Morgan fingerprint density at radius 3 is 2.52 bits per heavy atom. The van der Waals surface area contributed by atoms with Crippen molar-refractivity contribution in [2.75, 3.05) is 19.9 Å². The van der Waals surface area contributed by atoms with E-state index in [0.29, 0.717) is 24.6 Å². The molecule has 0 radical (unpaired) electrons. The second-order valence-corrected chi connectivity index (χ2v) is 8.47. The third-order valence-electron chi connectivity index (χ3n) is 6.74. The molecule has 1 aliphatic carbocycles. The van der Waals surface area contributed by atoms with Crippen molar-refractivity contribution in [1.29, 1.82) is 15.8 Å². The van der Waals surface area contributed by atoms with Crippen molar-refractivity contribution in [3.63, 3.8) is 0 Å². The second kappa shape index (κ2) is 8.02. The Balaban J connectivity index is 1.63. The molecule has 0 saturated carbocycles. The normalized spacial score (nSPS) is 23.0. The van der Waals surface area contributed by atoms with Gasteiger partial charge in [0.1, 0.15) is 6.07 Å². The molecule has 5 rings (SSSR count). The number of rotatable bonds is 3. The van der Waals surface area contributed by atoms with Gasteiger partial charge in [-0.05, 0) is 28.8 Å². The molecule has 162 valence electrons. The largest absolute Gasteiger partial charge is 0.454 e. The molecular weight excluding hydrogens is 414 g/mol. The Kier molecular flexibility index (Phi) is 5.02. The van der Waals surface area contributed by atoms with Crippen LogP contribution in [0.25, 0.3) is 0 Å². The summed E-state index contributed by atoms with van der Waals surface area (Å²) < 4.78 is 11.0. The molecule has 2 unspecified atom stereocenters. The first kappa shape index (κ1) is 20.6. The molecule has 3 aliphatic rings. The minimum Gasteiger partial charge on any atom is -0.454 e. The van der Waals surface area contributed by atoms with Gasteiger partial charge in [-0.1, -0.05) is 42.5 Å². The predicted molar refractivity (Wildman–Crippen MR) is 119 cm³/mol. The highest BCUT2D eigenvalue weighted by Gasteiger charge is 2.54. The summed E-state index contributed by atoms with van der Waals surface area (Å²) in [5, 5.41) is 30.4. The lowest BCUT2D eigenvalue weighted by Gasteiger charge is -2.45. The van der Waals surface area contributed by atoms with E-state index in [1.165, 1.54) is 5.56 Å². The Labute approximate surface area is 192 Å². The highest BCUT2D eigenvalue weighted by Crippen LogP contribution is 2.55. The molecule has 0 fully saturated rings. The maximum Gasteiger partial charge on any atom is 0.231 e. The summed E-state index contributed by atoms with van der Waals surface area (Å²) in [4.78, 5) is 2.26. The van der Waals surface area contributed by atoms with Gasteiger partial charge in [0.15, 0.2) is 16.9 Å². The van der Waals surface area contributed by atoms with Crippen LogP contribution in [0.1, 0.15) is 17.0 Å². The van der Waals surface area contributed by atoms with E-state index in [9.17, 15) is 15.8 Å². The summed E-state index contributed by atoms with van der Waals surface area (Å²) in [7, 11) is 0. The lowest BCUT2D eigenvalue weighted by Crippen LogP contribution is -2.47. The summed E-state index contributed by atoms with van der Waals surface area (Å²) in [5.41, 5.74) is 7.75. The smallest absolute Gasteiger partial charge is 0.231 e. The van der Waals surface area contributed by atoms with Crippen LogP contribution in [0.15, 0.2) is 71.5 Å². The van der Waals surface area contributed by atoms with Crippen molar-refractivity contribution >= 4 is 0 Å². The van der Waals surface area contributed by atoms with Gasteiger partial charge in [-0.15, -0.1) is 0 Å². The van der Waals surface area contributed by atoms with E-state index in [-0.39, 0.29) is 24.0 Å². The van der Waals surface area contributed by atoms with Crippen LogP contribution in [0.5, 0.6) is 11.5 Å². The van der Waals surface area contributed by atoms with Crippen molar-refractivity contribution in [1.82, 2.24) is 4.90 Å². The number of nitrogens with two attached hydrogens (primary N) is 1. The fraction of sp³-hybridized carbons (Fsp3) is 0.269. The van der Waals surface area contributed by atoms with Crippen LogP contribution in [0.2, 0.25) is 0 Å². The van der Waals surface area contributed by atoms with Crippen molar-refractivity contribution in [2.24, 2.45) is 17.1 Å². The highest BCUT2D eigenvalue weighted by atomic mass is 16.7. The molecule has 2 aliphatic heterocycles. The fourth-order valence-corrected chi connectivity index (χ4v) is 5.19. The summed E-state index contributed by atoms with van der Waals surface area (Å²) in [6.07, 6.45) is 2.02. The molecule has 2 atom stereocenters. The number of nitriles is 3. The van der Waals surface area contributed by atoms with Gasteiger partial charge in [-0.3, -0.25) is 4.90 Å². The van der Waals surface area contributed by atoms with Gasteiger partial charge in [-0.2, -0.15) is 15.8 Å². The lowest BCUT2D eigenvalue weighted by molar-refractivity contribution is 0.173. The maximum absolute atomic E-state index is 10.3. The Morgan fingerprint density at radius 2 is 1.79 bits per heavy atom. The van der Waals surface area contributed by atoms with Crippen molar-refractivity contribution in [3.8, 4) is 29.7 Å². The monoisotopic (exact) mass is 435 g/mol. The van der Waals surface area contributed by atoms with E-state index in [0.717, 1.165) is 17.7 Å². The van der Waals surface area contributed by atoms with E-state index in [2.05, 4.69) is 35.2 Å². The zero-order chi connectivity index (χ0) is 23.0. The van der Waals surface area contributed by atoms with Crippen molar-refractivity contribution in [3.05, 3.63) is 82.6 Å². The van der Waals surface area contributed by atoms with Crippen LogP contribution in [0.4, 0.5) is 0 Å². The quantitative estimate of drug-likeness (QED) is 0.785. The SMILES string of the molecule is N#CC1=C(N)C(C#N)(C#N)C(c2ccc3c(c2)OCO3)C2CN(Cc3ccccc3)CC=C12. The molecule has 2 heterocycles. The second-order valence-electron chi connectivity index (χ2n) is 8.47. The lowest BCUT2D eigenvalue weighted by atomic mass is 9.58. The Hall–Kier alpha value is -4.25. The highest BCUT2D eigenvalue weighted by molar-refractivity contribution is 5.60. The van der Waals surface area contributed by atoms with Gasteiger partial charge in [0, 0.05) is 31.5 Å². The minimum atomic E-state index is -1.67. The number of allylic oxidation sites excluding steroid dienone is 2. The Bertz CT molecular complexity index is 1280. The summed E-state index contributed by atoms with van der Waals surface area (Å²) in [6.45, 7) is 2.09. The first-order chi connectivity index (χ1) is 16.1. The number of ether oxygens (including phenoxy) is 2. The third-order valence-corrected chi connectivity index (χ3v) is 6.74. The van der Waals surface area contributed by atoms with E-state index in [4.69, 9.17) is 15.2 Å². The number of fused-ring (bicyclic) bond motifs is 2. The molecule has 2 aromatic rings. The molecule has 0 amide bonds. The van der Waals surface area contributed by atoms with E-state index < -0.39 is 11.3 Å². The molecule has 0 bridgehead atoms. The number of nitrogens with zero attached hydrogens (tertiary/aromatic N) is 4. The predicted octanol–water partition coefficient (Wildman–Crippen LogP) is 3.34. The van der Waals surface area contributed by atoms with Gasteiger partial charge in [-0.25, -0.2) is 0 Å². The van der Waals surface area contributed by atoms with Crippen molar-refractivity contribution in [2.45, 2.75) is 12.5 Å². The zero-order valence-corrected chi connectivity index (χ0v) is 17.9. The van der Waals surface area contributed by atoms with Gasteiger partial charge in [0.2, 0.25) is 6.79 Å². The first-order valence-electron chi connectivity index (χ1n) is 10.7. The van der Waals surface area contributed by atoms with Crippen LogP contribution < -0.4 is 15.2 Å². The average molecular weight is 435 g/mol. The molecule has 7 heteroatoms. The van der Waals surface area contributed by atoms with Crippen LogP contribution in [0, 0.1) is 45.3 Å². The summed E-state index contributed by atoms with van der Waals surface area (Å²) in [6, 6.07) is 22.2.